The summed E-state index contributed by atoms with van der Waals surface area (Å²) < 4.78 is 13.5. The van der Waals surface area contributed by atoms with Crippen LogP contribution < -0.4 is 0 Å². The second kappa shape index (κ2) is 3.81. The lowest BCUT2D eigenvalue weighted by Gasteiger charge is -2.22. The number of hydrazine groups is 1. The van der Waals surface area contributed by atoms with Gasteiger partial charge in [-0.2, -0.15) is 10.2 Å². The molecule has 3 nitrogen and oxygen atoms in total. The summed E-state index contributed by atoms with van der Waals surface area (Å²) in [6, 6.07) is 4.36. The van der Waals surface area contributed by atoms with E-state index in [1.54, 1.807) is 30.3 Å². The molecule has 0 atom stereocenters. The molecule has 0 fully saturated rings. The molecule has 0 saturated heterocycles. The maximum atomic E-state index is 13.5. The maximum absolute atomic E-state index is 13.5. The Morgan fingerprint density at radius 2 is 2.20 bits per heavy atom. The summed E-state index contributed by atoms with van der Waals surface area (Å²) in [5, 5.41) is 12.4. The average Bonchev–Trinajstić information content (AvgIpc) is 2.49. The normalized spacial score (nSPS) is 17.1. The predicted molar refractivity (Wildman–Crippen MR) is 55.6 cm³/mol. The number of hydroxylamine groups is 1. The molecule has 5 heteroatoms. The highest BCUT2D eigenvalue weighted by Crippen LogP contribution is 2.27. The van der Waals surface area contributed by atoms with Gasteiger partial charge in [-0.15, -0.1) is 0 Å². The van der Waals surface area contributed by atoms with E-state index < -0.39 is 5.82 Å². The summed E-state index contributed by atoms with van der Waals surface area (Å²) in [6.45, 7) is 0.550. The fourth-order valence-electron chi connectivity index (χ4n) is 1.48. The second-order valence-electron chi connectivity index (χ2n) is 3.34. The molecule has 1 aromatic rings. The summed E-state index contributed by atoms with van der Waals surface area (Å²) in [6.07, 6.45) is 1.74. The Hall–Kier alpha value is -1.10. The zero-order valence-corrected chi connectivity index (χ0v) is 8.87. The third kappa shape index (κ3) is 1.84. The molecule has 0 bridgehead atoms. The molecular formula is C10H10ClFN2O. The van der Waals surface area contributed by atoms with Crippen molar-refractivity contribution in [1.29, 1.82) is 0 Å². The molecule has 80 valence electrons. The zero-order chi connectivity index (χ0) is 11.0. The molecule has 0 aromatic heterocycles. The fourth-order valence-corrected chi connectivity index (χ4v) is 1.64. The molecule has 0 aliphatic carbocycles. The minimum Gasteiger partial charge on any atom is -0.273 e. The van der Waals surface area contributed by atoms with Gasteiger partial charge >= 0.3 is 0 Å². The van der Waals surface area contributed by atoms with Crippen LogP contribution in [0.15, 0.2) is 24.3 Å². The van der Waals surface area contributed by atoms with E-state index >= 15 is 0 Å². The second-order valence-corrected chi connectivity index (χ2v) is 3.78. The van der Waals surface area contributed by atoms with Crippen LogP contribution in [-0.4, -0.2) is 29.0 Å². The van der Waals surface area contributed by atoms with Crippen LogP contribution in [0.4, 0.5) is 4.39 Å². The molecule has 1 aliphatic rings. The van der Waals surface area contributed by atoms with Gasteiger partial charge in [0.05, 0.1) is 5.70 Å². The van der Waals surface area contributed by atoms with Gasteiger partial charge in [0.15, 0.2) is 0 Å². The average molecular weight is 229 g/mol. The monoisotopic (exact) mass is 228 g/mol. The largest absolute Gasteiger partial charge is 0.273 e. The molecule has 15 heavy (non-hydrogen) atoms. The van der Waals surface area contributed by atoms with Crippen molar-refractivity contribution in [3.63, 3.8) is 0 Å². The standard InChI is InChI=1S/C10H10ClFN2O/c1-13-5-4-10(14(13)15)8-3-2-7(11)6-9(8)12/h2-4,6,15H,5H2,1H3. The van der Waals surface area contributed by atoms with Crippen LogP contribution in [0.25, 0.3) is 5.70 Å². The van der Waals surface area contributed by atoms with Crippen LogP contribution >= 0.6 is 11.6 Å². The molecule has 1 aliphatic heterocycles. The van der Waals surface area contributed by atoms with E-state index in [0.717, 1.165) is 5.17 Å². The topological polar surface area (TPSA) is 26.7 Å². The number of nitrogens with zero attached hydrogens (tertiary/aromatic N) is 2. The van der Waals surface area contributed by atoms with Crippen molar-refractivity contribution in [3.8, 4) is 0 Å². The number of rotatable bonds is 1. The van der Waals surface area contributed by atoms with Crippen molar-refractivity contribution in [2.75, 3.05) is 13.6 Å². The van der Waals surface area contributed by atoms with Crippen molar-refractivity contribution in [2.45, 2.75) is 0 Å². The number of hydrogen-bond acceptors (Lipinski definition) is 3. The van der Waals surface area contributed by atoms with E-state index in [0.29, 0.717) is 22.8 Å². The lowest BCUT2D eigenvalue weighted by atomic mass is 10.1. The first kappa shape index (κ1) is 10.4. The zero-order valence-electron chi connectivity index (χ0n) is 8.11. The summed E-state index contributed by atoms with van der Waals surface area (Å²) in [7, 11) is 1.71. The maximum Gasteiger partial charge on any atom is 0.134 e. The van der Waals surface area contributed by atoms with Gasteiger partial charge in [0.2, 0.25) is 0 Å². The van der Waals surface area contributed by atoms with E-state index in [2.05, 4.69) is 0 Å². The van der Waals surface area contributed by atoms with Crippen molar-refractivity contribution in [2.24, 2.45) is 0 Å². The Labute approximate surface area is 91.9 Å². The van der Waals surface area contributed by atoms with Crippen molar-refractivity contribution >= 4 is 17.3 Å². The Balaban J connectivity index is 2.39. The van der Waals surface area contributed by atoms with E-state index in [-0.39, 0.29) is 0 Å². The molecular weight excluding hydrogens is 219 g/mol. The first-order valence-corrected chi connectivity index (χ1v) is 4.83. The summed E-state index contributed by atoms with van der Waals surface area (Å²) >= 11 is 5.64. The summed E-state index contributed by atoms with van der Waals surface area (Å²) in [5.74, 6) is -0.442. The molecule has 0 unspecified atom stereocenters. The smallest absolute Gasteiger partial charge is 0.134 e. The molecule has 0 saturated carbocycles. The van der Waals surface area contributed by atoms with E-state index in [1.165, 1.54) is 6.07 Å². The van der Waals surface area contributed by atoms with Crippen LogP contribution in [0.2, 0.25) is 5.02 Å². The highest BCUT2D eigenvalue weighted by Gasteiger charge is 2.22. The van der Waals surface area contributed by atoms with Crippen LogP contribution in [0.1, 0.15) is 5.56 Å². The van der Waals surface area contributed by atoms with Crippen LogP contribution in [-0.2, 0) is 0 Å². The lowest BCUT2D eigenvalue weighted by molar-refractivity contribution is -0.167. The van der Waals surface area contributed by atoms with Gasteiger partial charge in [-0.05, 0) is 24.3 Å². The first-order valence-electron chi connectivity index (χ1n) is 4.45. The number of benzene rings is 1. The van der Waals surface area contributed by atoms with Gasteiger partial charge in [-0.25, -0.2) is 4.39 Å². The van der Waals surface area contributed by atoms with Gasteiger partial charge in [-0.3, -0.25) is 5.21 Å². The minimum absolute atomic E-state index is 0.339. The highest BCUT2D eigenvalue weighted by atomic mass is 35.5. The van der Waals surface area contributed by atoms with Crippen LogP contribution in [0.3, 0.4) is 0 Å². The number of likely N-dealkylation sites (N-methyl/N-ethyl adjacent to an activating group) is 1. The molecule has 2 rings (SSSR count). The van der Waals surface area contributed by atoms with Gasteiger partial charge in [0.25, 0.3) is 0 Å². The van der Waals surface area contributed by atoms with Gasteiger partial charge in [0.1, 0.15) is 5.82 Å². The first-order chi connectivity index (χ1) is 7.09. The predicted octanol–water partition coefficient (Wildman–Crippen LogP) is 2.37. The third-order valence-corrected chi connectivity index (χ3v) is 2.53. The number of hydrogen-bond donors (Lipinski definition) is 1. The van der Waals surface area contributed by atoms with Gasteiger partial charge in [0, 0.05) is 24.2 Å². The Bertz CT molecular complexity index is 422. The number of halogens is 2. The van der Waals surface area contributed by atoms with Crippen LogP contribution in [0, 0.1) is 5.82 Å². The summed E-state index contributed by atoms with van der Waals surface area (Å²) in [4.78, 5) is 0. The van der Waals surface area contributed by atoms with Crippen molar-refractivity contribution < 1.29 is 9.60 Å². The van der Waals surface area contributed by atoms with E-state index in [4.69, 9.17) is 11.6 Å². The van der Waals surface area contributed by atoms with Crippen molar-refractivity contribution in [3.05, 3.63) is 40.7 Å². The molecule has 1 N–H and O–H groups in total. The van der Waals surface area contributed by atoms with E-state index in [9.17, 15) is 9.60 Å². The molecule has 0 radical (unpaired) electrons. The fraction of sp³-hybridized carbons (Fsp3) is 0.200. The lowest BCUT2D eigenvalue weighted by Crippen LogP contribution is -2.30. The summed E-state index contributed by atoms with van der Waals surface area (Å²) in [5.41, 5.74) is 0.776. The third-order valence-electron chi connectivity index (χ3n) is 2.29. The quantitative estimate of drug-likeness (QED) is 0.800. The molecule has 1 aromatic carbocycles. The minimum atomic E-state index is -0.442. The van der Waals surface area contributed by atoms with Gasteiger partial charge in [-0.1, -0.05) is 11.6 Å². The Morgan fingerprint density at radius 3 is 2.73 bits per heavy atom. The molecule has 1 heterocycles. The molecule has 0 amide bonds. The van der Waals surface area contributed by atoms with Crippen molar-refractivity contribution in [1.82, 2.24) is 10.2 Å². The molecule has 0 spiro atoms. The van der Waals surface area contributed by atoms with E-state index in [1.807, 2.05) is 0 Å². The SMILES string of the molecule is CN1CC=C(c2ccc(Cl)cc2F)N1O. The van der Waals surface area contributed by atoms with Crippen LogP contribution in [0.5, 0.6) is 0 Å². The Morgan fingerprint density at radius 1 is 1.47 bits per heavy atom. The highest BCUT2D eigenvalue weighted by molar-refractivity contribution is 6.30. The van der Waals surface area contributed by atoms with Gasteiger partial charge < -0.3 is 0 Å². The Kier molecular flexibility index (Phi) is 2.65.